The van der Waals surface area contributed by atoms with Crippen molar-refractivity contribution in [2.75, 3.05) is 0 Å². The van der Waals surface area contributed by atoms with Crippen LogP contribution in [0.5, 0.6) is 0 Å². The third-order valence-electron chi connectivity index (χ3n) is 5.99. The lowest BCUT2D eigenvalue weighted by molar-refractivity contribution is -0.253. The molecule has 29 heavy (non-hydrogen) atoms. The van der Waals surface area contributed by atoms with E-state index in [0.717, 1.165) is 5.56 Å². The van der Waals surface area contributed by atoms with Gasteiger partial charge in [0.25, 0.3) is 0 Å². The molecule has 0 aromatic heterocycles. The molecule has 6 heteroatoms. The first-order valence-electron chi connectivity index (χ1n) is 9.19. The molecule has 4 rings (SSSR count). The van der Waals surface area contributed by atoms with E-state index in [1.807, 2.05) is 31.2 Å². The van der Waals surface area contributed by atoms with Gasteiger partial charge in [-0.2, -0.15) is 15.8 Å². The van der Waals surface area contributed by atoms with Crippen LogP contribution in [-0.4, -0.2) is 11.7 Å². The number of ether oxygens (including phenoxy) is 2. The van der Waals surface area contributed by atoms with E-state index in [4.69, 9.17) is 14.9 Å². The third kappa shape index (κ3) is 2.20. The van der Waals surface area contributed by atoms with Crippen molar-refractivity contribution >= 4 is 5.90 Å². The molecule has 1 N–H and O–H groups in total. The Hall–Kier alpha value is -3.66. The summed E-state index contributed by atoms with van der Waals surface area (Å²) in [6.07, 6.45) is -1.05. The molecule has 0 radical (unpaired) electrons. The molecule has 2 aromatic carbocycles. The van der Waals surface area contributed by atoms with Crippen molar-refractivity contribution in [2.24, 2.45) is 10.8 Å². The standard InChI is InChI=1S/C23H18N4O2/c1-15-7-6-10-17(11-15)19-22(12-24,13-25)23(14-26)18(16-8-4-3-5-9-16)21(2,28-19)29-20(23)27/h3-11,18-19,27H,1-2H3. The molecule has 2 aromatic rings. The molecule has 2 fully saturated rings. The van der Waals surface area contributed by atoms with E-state index >= 15 is 0 Å². The van der Waals surface area contributed by atoms with Gasteiger partial charge in [0.05, 0.1) is 24.1 Å². The number of nitrogens with one attached hydrogen (secondary N) is 1. The Morgan fingerprint density at radius 3 is 2.17 bits per heavy atom. The van der Waals surface area contributed by atoms with Crippen LogP contribution in [-0.2, 0) is 9.47 Å². The molecule has 6 nitrogen and oxygen atoms in total. The van der Waals surface area contributed by atoms with Crippen LogP contribution in [0, 0.1) is 57.2 Å². The second-order valence-electron chi connectivity index (χ2n) is 7.65. The highest BCUT2D eigenvalue weighted by Gasteiger charge is 2.79. The highest BCUT2D eigenvalue weighted by molar-refractivity contribution is 5.90. The zero-order valence-corrected chi connectivity index (χ0v) is 16.0. The van der Waals surface area contributed by atoms with Crippen LogP contribution in [0.4, 0.5) is 0 Å². The molecule has 2 heterocycles. The number of fused-ring (bicyclic) bond motifs is 2. The molecule has 0 aliphatic carbocycles. The van der Waals surface area contributed by atoms with E-state index in [1.165, 1.54) is 0 Å². The maximum absolute atomic E-state index is 10.4. The average molecular weight is 382 g/mol. The summed E-state index contributed by atoms with van der Waals surface area (Å²) >= 11 is 0. The summed E-state index contributed by atoms with van der Waals surface area (Å²) in [6, 6.07) is 22.7. The van der Waals surface area contributed by atoms with E-state index < -0.39 is 34.5 Å². The highest BCUT2D eigenvalue weighted by Crippen LogP contribution is 2.69. The van der Waals surface area contributed by atoms with Gasteiger partial charge in [-0.15, -0.1) is 0 Å². The molecule has 2 aliphatic heterocycles. The van der Waals surface area contributed by atoms with Crippen LogP contribution in [0.25, 0.3) is 0 Å². The first-order valence-corrected chi connectivity index (χ1v) is 9.19. The topological polar surface area (TPSA) is 114 Å². The number of aryl methyl sites for hydroxylation is 1. The Kier molecular flexibility index (Phi) is 3.98. The van der Waals surface area contributed by atoms with Gasteiger partial charge < -0.3 is 9.47 Å². The van der Waals surface area contributed by atoms with Crippen LogP contribution >= 0.6 is 0 Å². The number of hydrogen-bond acceptors (Lipinski definition) is 6. The fraction of sp³-hybridized carbons (Fsp3) is 0.304. The number of benzene rings is 2. The molecule has 2 aliphatic rings. The molecule has 0 saturated carbocycles. The van der Waals surface area contributed by atoms with Crippen LogP contribution in [0.2, 0.25) is 0 Å². The summed E-state index contributed by atoms with van der Waals surface area (Å²) < 4.78 is 12.1. The molecule has 4 unspecified atom stereocenters. The molecule has 2 bridgehead atoms. The maximum Gasteiger partial charge on any atom is 0.218 e. The summed E-state index contributed by atoms with van der Waals surface area (Å²) in [5, 5.41) is 39.5. The van der Waals surface area contributed by atoms with Crippen molar-refractivity contribution in [3.63, 3.8) is 0 Å². The minimum atomic E-state index is -1.97. The number of nitrogens with zero attached hydrogens (tertiary/aromatic N) is 3. The van der Waals surface area contributed by atoms with Crippen LogP contribution in [0.15, 0.2) is 54.6 Å². The van der Waals surface area contributed by atoms with Crippen molar-refractivity contribution in [3.05, 3.63) is 71.3 Å². The largest absolute Gasteiger partial charge is 0.447 e. The quantitative estimate of drug-likeness (QED) is 0.839. The fourth-order valence-corrected chi connectivity index (χ4v) is 4.77. The summed E-state index contributed by atoms with van der Waals surface area (Å²) in [5.41, 5.74) is -1.58. The predicted octanol–water partition coefficient (Wildman–Crippen LogP) is 4.12. The Bertz CT molecular complexity index is 1110. The summed E-state index contributed by atoms with van der Waals surface area (Å²) in [6.45, 7) is 3.56. The first-order chi connectivity index (χ1) is 13.9. The van der Waals surface area contributed by atoms with E-state index in [0.29, 0.717) is 11.1 Å². The third-order valence-corrected chi connectivity index (χ3v) is 5.99. The van der Waals surface area contributed by atoms with Crippen LogP contribution in [0.1, 0.15) is 35.6 Å². The van der Waals surface area contributed by atoms with Gasteiger partial charge in [0.2, 0.25) is 17.1 Å². The molecule has 0 amide bonds. The zero-order valence-electron chi connectivity index (χ0n) is 16.0. The molecular formula is C23H18N4O2. The normalized spacial score (nSPS) is 31.8. The maximum atomic E-state index is 10.4. The Labute approximate surface area is 169 Å². The fourth-order valence-electron chi connectivity index (χ4n) is 4.77. The highest BCUT2D eigenvalue weighted by atomic mass is 16.7. The predicted molar refractivity (Wildman–Crippen MR) is 103 cm³/mol. The smallest absolute Gasteiger partial charge is 0.218 e. The van der Waals surface area contributed by atoms with Crippen molar-refractivity contribution in [1.29, 1.82) is 21.2 Å². The van der Waals surface area contributed by atoms with Gasteiger partial charge in [0.15, 0.2) is 5.41 Å². The first kappa shape index (κ1) is 18.7. The average Bonchev–Trinajstić information content (AvgIpc) is 2.91. The lowest BCUT2D eigenvalue weighted by Gasteiger charge is -2.49. The van der Waals surface area contributed by atoms with Crippen molar-refractivity contribution in [2.45, 2.75) is 31.7 Å². The molecule has 4 atom stereocenters. The SMILES string of the molecule is Cc1cccc(C2OC3(C)OC(=N)C(C#N)(C3c3ccccc3)C2(C#N)C#N)c1. The van der Waals surface area contributed by atoms with Gasteiger partial charge >= 0.3 is 0 Å². The minimum Gasteiger partial charge on any atom is -0.447 e. The molecule has 0 spiro atoms. The van der Waals surface area contributed by atoms with Gasteiger partial charge in [-0.05, 0) is 18.1 Å². The number of hydrogen-bond donors (Lipinski definition) is 1. The van der Waals surface area contributed by atoms with Gasteiger partial charge in [-0.3, -0.25) is 5.41 Å². The van der Waals surface area contributed by atoms with E-state index in [2.05, 4.69) is 18.2 Å². The second kappa shape index (κ2) is 6.17. The van der Waals surface area contributed by atoms with Crippen molar-refractivity contribution in [3.8, 4) is 18.2 Å². The monoisotopic (exact) mass is 382 g/mol. The van der Waals surface area contributed by atoms with Crippen molar-refractivity contribution < 1.29 is 9.47 Å². The molecule has 2 saturated heterocycles. The lowest BCUT2D eigenvalue weighted by Crippen LogP contribution is -2.57. The minimum absolute atomic E-state index is 0.408. The molecule has 142 valence electrons. The Morgan fingerprint density at radius 2 is 1.59 bits per heavy atom. The Balaban J connectivity index is 2.05. The second-order valence-corrected chi connectivity index (χ2v) is 7.65. The van der Waals surface area contributed by atoms with Gasteiger partial charge in [-0.1, -0.05) is 60.2 Å². The summed E-state index contributed by atoms with van der Waals surface area (Å²) in [7, 11) is 0. The van der Waals surface area contributed by atoms with E-state index in [-0.39, 0.29) is 0 Å². The van der Waals surface area contributed by atoms with Crippen molar-refractivity contribution in [1.82, 2.24) is 0 Å². The lowest BCUT2D eigenvalue weighted by atomic mass is 9.52. The summed E-state index contributed by atoms with van der Waals surface area (Å²) in [5.74, 6) is -2.59. The number of nitriles is 3. The van der Waals surface area contributed by atoms with Crippen LogP contribution in [0.3, 0.4) is 0 Å². The zero-order chi connectivity index (χ0) is 20.9. The van der Waals surface area contributed by atoms with Gasteiger partial charge in [0.1, 0.15) is 6.10 Å². The van der Waals surface area contributed by atoms with E-state index in [1.54, 1.807) is 37.3 Å². The number of rotatable bonds is 2. The van der Waals surface area contributed by atoms with Gasteiger partial charge in [0, 0.05) is 6.92 Å². The summed E-state index contributed by atoms with van der Waals surface area (Å²) in [4.78, 5) is 0. The Morgan fingerprint density at radius 1 is 0.931 bits per heavy atom. The molecular weight excluding hydrogens is 364 g/mol. The van der Waals surface area contributed by atoms with E-state index in [9.17, 15) is 15.8 Å². The van der Waals surface area contributed by atoms with Gasteiger partial charge in [-0.25, -0.2) is 0 Å². The van der Waals surface area contributed by atoms with Crippen LogP contribution < -0.4 is 0 Å².